The van der Waals surface area contributed by atoms with Crippen LogP contribution >= 0.6 is 15.9 Å². The van der Waals surface area contributed by atoms with Crippen LogP contribution in [0.25, 0.3) is 11.2 Å². The molecule has 0 amide bonds. The number of anilines is 1. The summed E-state index contributed by atoms with van der Waals surface area (Å²) in [5.74, 6) is 0.0368. The molecule has 4 rings (SSSR count). The maximum absolute atomic E-state index is 13.3. The van der Waals surface area contributed by atoms with Gasteiger partial charge in [0.1, 0.15) is 5.82 Å². The van der Waals surface area contributed by atoms with E-state index in [2.05, 4.69) is 36.4 Å². The number of methoxy groups -OCH3 is 1. The molecule has 3 N–H and O–H groups in total. The van der Waals surface area contributed by atoms with Crippen molar-refractivity contribution in [3.8, 4) is 11.5 Å². The monoisotopic (exact) mass is 516 g/mol. The van der Waals surface area contributed by atoms with Gasteiger partial charge in [-0.3, -0.25) is 18.9 Å². The van der Waals surface area contributed by atoms with E-state index < -0.39 is 11.2 Å². The zero-order chi connectivity index (χ0) is 23.7. The van der Waals surface area contributed by atoms with Gasteiger partial charge in [0.05, 0.1) is 24.3 Å². The fraction of sp³-hybridized carbons (Fsp3) is 0.143. The molecule has 0 spiro atoms. The number of hydrogen-bond acceptors (Lipinski definition) is 7. The molecule has 0 radical (unpaired) electrons. The topological polar surface area (TPSA) is 127 Å². The van der Waals surface area contributed by atoms with E-state index in [4.69, 9.17) is 4.74 Å². The molecule has 0 atom stereocenters. The molecule has 170 valence electrons. The number of hydrazone groups is 1. The van der Waals surface area contributed by atoms with Crippen molar-refractivity contribution in [2.75, 3.05) is 12.5 Å². The molecule has 33 heavy (non-hydrogen) atoms. The lowest BCUT2D eigenvalue weighted by Crippen LogP contribution is -2.29. The van der Waals surface area contributed by atoms with Crippen molar-refractivity contribution in [2.24, 2.45) is 12.1 Å². The van der Waals surface area contributed by atoms with E-state index in [1.54, 1.807) is 28.8 Å². The van der Waals surface area contributed by atoms with Gasteiger partial charge >= 0.3 is 5.69 Å². The Bertz CT molecular complexity index is 1490. The summed E-state index contributed by atoms with van der Waals surface area (Å²) in [6.07, 6.45) is 1.47. The molecule has 12 heteroatoms. The predicted molar refractivity (Wildman–Crippen MR) is 125 cm³/mol. The molecule has 0 bridgehead atoms. The van der Waals surface area contributed by atoms with Crippen LogP contribution in [0.3, 0.4) is 0 Å². The molecular weight excluding hydrogens is 499 g/mol. The molecule has 0 aliphatic heterocycles. The molecule has 2 aromatic heterocycles. The summed E-state index contributed by atoms with van der Waals surface area (Å²) in [7, 11) is 2.92. The average Bonchev–Trinajstić information content (AvgIpc) is 3.14. The maximum Gasteiger partial charge on any atom is 0.329 e. The highest BCUT2D eigenvalue weighted by molar-refractivity contribution is 9.10. The van der Waals surface area contributed by atoms with Gasteiger partial charge in [0, 0.05) is 7.05 Å². The van der Waals surface area contributed by atoms with Crippen LogP contribution in [0.2, 0.25) is 0 Å². The first-order chi connectivity index (χ1) is 15.8. The SMILES string of the molecule is COc1cc(/C=N/Nc2nc3c(c(=O)[nH]c(=O)n3C)n2Cc2ccc(F)cc2)cc(Br)c1O. The molecular formula is C21H18BrFN6O4. The number of phenols is 1. The van der Waals surface area contributed by atoms with E-state index in [0.717, 1.165) is 0 Å². The van der Waals surface area contributed by atoms with Gasteiger partial charge in [-0.05, 0) is 51.3 Å². The lowest BCUT2D eigenvalue weighted by Gasteiger charge is -2.09. The van der Waals surface area contributed by atoms with E-state index in [1.165, 1.54) is 37.1 Å². The van der Waals surface area contributed by atoms with Crippen molar-refractivity contribution in [1.29, 1.82) is 0 Å². The zero-order valence-electron chi connectivity index (χ0n) is 17.5. The summed E-state index contributed by atoms with van der Waals surface area (Å²) in [5, 5.41) is 14.1. The van der Waals surface area contributed by atoms with Crippen LogP contribution in [0.5, 0.6) is 11.5 Å². The number of ether oxygens (including phenoxy) is 1. The minimum absolute atomic E-state index is 0.0381. The Kier molecular flexibility index (Phi) is 6.01. The Hall–Kier alpha value is -3.93. The average molecular weight is 517 g/mol. The number of phenolic OH excluding ortho intramolecular Hbond substituents is 1. The third-order valence-corrected chi connectivity index (χ3v) is 5.51. The van der Waals surface area contributed by atoms with Crippen molar-refractivity contribution in [3.05, 3.63) is 78.7 Å². The number of imidazole rings is 1. The van der Waals surface area contributed by atoms with E-state index in [-0.39, 0.29) is 41.0 Å². The molecule has 0 saturated carbocycles. The van der Waals surface area contributed by atoms with Gasteiger partial charge in [-0.1, -0.05) is 12.1 Å². The molecule has 0 aliphatic carbocycles. The second-order valence-corrected chi connectivity index (χ2v) is 7.92. The van der Waals surface area contributed by atoms with E-state index in [1.807, 2.05) is 0 Å². The number of halogens is 2. The van der Waals surface area contributed by atoms with Gasteiger partial charge in [0.25, 0.3) is 5.56 Å². The van der Waals surface area contributed by atoms with Gasteiger partial charge < -0.3 is 9.84 Å². The van der Waals surface area contributed by atoms with Crippen molar-refractivity contribution >= 4 is 39.3 Å². The van der Waals surface area contributed by atoms with Crippen LogP contribution in [0.1, 0.15) is 11.1 Å². The van der Waals surface area contributed by atoms with Crippen molar-refractivity contribution in [3.63, 3.8) is 0 Å². The van der Waals surface area contributed by atoms with Crippen LogP contribution < -0.4 is 21.4 Å². The number of nitrogens with zero attached hydrogens (tertiary/aromatic N) is 4. The smallest absolute Gasteiger partial charge is 0.329 e. The van der Waals surface area contributed by atoms with Gasteiger partial charge in [-0.15, -0.1) is 0 Å². The highest BCUT2D eigenvalue weighted by Gasteiger charge is 2.17. The molecule has 0 fully saturated rings. The van der Waals surface area contributed by atoms with Gasteiger partial charge in [-0.25, -0.2) is 14.6 Å². The first-order valence-electron chi connectivity index (χ1n) is 9.58. The first kappa shape index (κ1) is 22.3. The van der Waals surface area contributed by atoms with Crippen molar-refractivity contribution in [2.45, 2.75) is 6.54 Å². The lowest BCUT2D eigenvalue weighted by atomic mass is 10.2. The first-order valence-corrected chi connectivity index (χ1v) is 10.4. The molecule has 0 saturated heterocycles. The molecule has 4 aromatic rings. The van der Waals surface area contributed by atoms with E-state index >= 15 is 0 Å². The zero-order valence-corrected chi connectivity index (χ0v) is 19.1. The number of aromatic hydroxyl groups is 1. The Morgan fingerprint density at radius 2 is 2.03 bits per heavy atom. The van der Waals surface area contributed by atoms with Crippen molar-refractivity contribution in [1.82, 2.24) is 19.1 Å². The van der Waals surface area contributed by atoms with E-state index in [0.29, 0.717) is 15.6 Å². The summed E-state index contributed by atoms with van der Waals surface area (Å²) in [5.41, 5.74) is 3.23. The summed E-state index contributed by atoms with van der Waals surface area (Å²) in [4.78, 5) is 31.2. The standard InChI is InChI=1S/C21H18BrFN6O4/c1-28-18-16(19(31)26-21(28)32)29(10-11-3-5-13(23)6-4-11)20(25-18)27-24-9-12-7-14(22)17(30)15(8-12)33-2/h3-9,30H,10H2,1-2H3,(H,25,27)(H,26,31,32)/b24-9+. The summed E-state index contributed by atoms with van der Waals surface area (Å²) < 4.78 is 21.6. The quantitative estimate of drug-likeness (QED) is 0.267. The van der Waals surface area contributed by atoms with Crippen LogP contribution in [-0.2, 0) is 13.6 Å². The third kappa shape index (κ3) is 4.37. The summed E-state index contributed by atoms with van der Waals surface area (Å²) >= 11 is 3.25. The minimum Gasteiger partial charge on any atom is -0.503 e. The number of aryl methyl sites for hydroxylation is 1. The molecule has 0 unspecified atom stereocenters. The Morgan fingerprint density at radius 1 is 1.30 bits per heavy atom. The molecule has 0 aliphatic rings. The number of aromatic amines is 1. The molecule has 10 nitrogen and oxygen atoms in total. The van der Waals surface area contributed by atoms with Gasteiger partial charge in [0.2, 0.25) is 5.95 Å². The Morgan fingerprint density at radius 3 is 2.73 bits per heavy atom. The second kappa shape index (κ2) is 8.90. The number of hydrogen-bond donors (Lipinski definition) is 3. The fourth-order valence-corrected chi connectivity index (χ4v) is 3.69. The Balaban J connectivity index is 1.76. The molecule has 2 aromatic carbocycles. The number of aromatic nitrogens is 4. The molecule has 2 heterocycles. The highest BCUT2D eigenvalue weighted by atomic mass is 79.9. The predicted octanol–water partition coefficient (Wildman–Crippen LogP) is 2.53. The van der Waals surface area contributed by atoms with Crippen LogP contribution in [0, 0.1) is 5.82 Å². The highest BCUT2D eigenvalue weighted by Crippen LogP contribution is 2.34. The number of rotatable bonds is 6. The van der Waals surface area contributed by atoms with Crippen LogP contribution in [0.15, 0.2) is 55.6 Å². The fourth-order valence-electron chi connectivity index (χ4n) is 3.23. The minimum atomic E-state index is -0.605. The van der Waals surface area contributed by atoms with Crippen molar-refractivity contribution < 1.29 is 14.2 Å². The second-order valence-electron chi connectivity index (χ2n) is 7.06. The number of benzene rings is 2. The number of nitrogens with one attached hydrogen (secondary N) is 2. The van der Waals surface area contributed by atoms with E-state index in [9.17, 15) is 19.1 Å². The summed E-state index contributed by atoms with van der Waals surface area (Å²) in [6, 6.07) is 9.03. The third-order valence-electron chi connectivity index (χ3n) is 4.91. The largest absolute Gasteiger partial charge is 0.503 e. The van der Waals surface area contributed by atoms with Gasteiger partial charge in [0.15, 0.2) is 22.7 Å². The van der Waals surface area contributed by atoms with Crippen LogP contribution in [0.4, 0.5) is 10.3 Å². The van der Waals surface area contributed by atoms with Gasteiger partial charge in [-0.2, -0.15) is 10.1 Å². The maximum atomic E-state index is 13.3. The van der Waals surface area contributed by atoms with Crippen LogP contribution in [-0.4, -0.2) is 37.5 Å². The number of H-pyrrole nitrogens is 1. The Labute approximate surface area is 194 Å². The summed E-state index contributed by atoms with van der Waals surface area (Å²) in [6.45, 7) is 0.175. The number of fused-ring (bicyclic) bond motifs is 1. The normalized spacial score (nSPS) is 11.4. The lowest BCUT2D eigenvalue weighted by molar-refractivity contribution is 0.372.